The maximum atomic E-state index is 12.5. The van der Waals surface area contributed by atoms with Gasteiger partial charge in [-0.2, -0.15) is 0 Å². The maximum Gasteiger partial charge on any atom is 0.305 e. The van der Waals surface area contributed by atoms with Gasteiger partial charge in [0.1, 0.15) is 0 Å². The van der Waals surface area contributed by atoms with Crippen LogP contribution in [-0.2, 0) is 14.3 Å². The Hall–Kier alpha value is -1.66. The summed E-state index contributed by atoms with van der Waals surface area (Å²) in [5, 5.41) is 23.3. The van der Waals surface area contributed by atoms with Gasteiger partial charge in [0.05, 0.1) is 25.4 Å². The monoisotopic (exact) mass is 944 g/mol. The van der Waals surface area contributed by atoms with Gasteiger partial charge in [-0.3, -0.25) is 9.59 Å². The van der Waals surface area contributed by atoms with Gasteiger partial charge in [-0.05, 0) is 57.8 Å². The number of hydrogen-bond acceptors (Lipinski definition) is 5. The molecule has 0 heterocycles. The molecule has 0 aromatic carbocycles. The van der Waals surface area contributed by atoms with E-state index in [0.717, 1.165) is 70.6 Å². The highest BCUT2D eigenvalue weighted by Gasteiger charge is 2.20. The SMILES string of the molecule is CCCCCCCCCCCCCCCCCCCC(O)C(CO)NC(=O)CCCCCCCCCCCC/C=C\C=C/CCCCCOC(=O)CCCCCCCCCCCCCCCC. The van der Waals surface area contributed by atoms with Crippen LogP contribution in [0.2, 0.25) is 0 Å². The number of unbranched alkanes of at least 4 members (excludes halogenated alkanes) is 42. The van der Waals surface area contributed by atoms with Crippen molar-refractivity contribution in [3.05, 3.63) is 24.3 Å². The molecule has 1 amide bonds. The van der Waals surface area contributed by atoms with Gasteiger partial charge in [-0.25, -0.2) is 0 Å². The van der Waals surface area contributed by atoms with Gasteiger partial charge in [0, 0.05) is 12.8 Å². The Kier molecular flexibility index (Phi) is 55.5. The average Bonchev–Trinajstić information content (AvgIpc) is 3.33. The third kappa shape index (κ3) is 53.5. The third-order valence-electron chi connectivity index (χ3n) is 14.0. The van der Waals surface area contributed by atoms with Crippen LogP contribution < -0.4 is 5.32 Å². The molecule has 396 valence electrons. The van der Waals surface area contributed by atoms with Crippen molar-refractivity contribution < 1.29 is 24.5 Å². The Bertz CT molecular complexity index is 1040. The molecule has 0 radical (unpaired) electrons. The number of carbonyl (C=O) groups excluding carboxylic acids is 2. The lowest BCUT2D eigenvalue weighted by molar-refractivity contribution is -0.143. The summed E-state index contributed by atoms with van der Waals surface area (Å²) in [6, 6.07) is -0.549. The predicted molar refractivity (Wildman–Crippen MR) is 292 cm³/mol. The Morgan fingerprint density at radius 1 is 0.418 bits per heavy atom. The minimum Gasteiger partial charge on any atom is -0.466 e. The summed E-state index contributed by atoms with van der Waals surface area (Å²) in [7, 11) is 0. The number of amides is 1. The molecule has 0 aliphatic rings. The minimum absolute atomic E-state index is 0.0107. The molecule has 0 aromatic heterocycles. The number of hydrogen-bond donors (Lipinski definition) is 3. The van der Waals surface area contributed by atoms with Crippen molar-refractivity contribution in [3.8, 4) is 0 Å². The Labute approximate surface area is 418 Å². The molecule has 0 bridgehead atoms. The molecule has 0 rings (SSSR count). The van der Waals surface area contributed by atoms with E-state index < -0.39 is 12.1 Å². The highest BCUT2D eigenvalue weighted by atomic mass is 16.5. The number of ether oxygens (including phenoxy) is 1. The lowest BCUT2D eigenvalue weighted by atomic mass is 10.0. The van der Waals surface area contributed by atoms with Crippen LogP contribution in [-0.4, -0.2) is 47.4 Å². The van der Waals surface area contributed by atoms with E-state index in [1.165, 1.54) is 225 Å². The van der Waals surface area contributed by atoms with Crippen LogP contribution in [0.3, 0.4) is 0 Å². The first-order valence-electron chi connectivity index (χ1n) is 30.1. The second-order valence-electron chi connectivity index (χ2n) is 20.7. The van der Waals surface area contributed by atoms with Crippen molar-refractivity contribution in [2.45, 2.75) is 341 Å². The molecule has 3 N–H and O–H groups in total. The van der Waals surface area contributed by atoms with Crippen molar-refractivity contribution in [1.29, 1.82) is 0 Å². The first-order valence-corrected chi connectivity index (χ1v) is 30.1. The quantitative estimate of drug-likeness (QED) is 0.0321. The van der Waals surface area contributed by atoms with Crippen LogP contribution in [0.5, 0.6) is 0 Å². The zero-order valence-corrected chi connectivity index (χ0v) is 45.1. The molecule has 0 aliphatic heterocycles. The Morgan fingerprint density at radius 2 is 0.731 bits per heavy atom. The van der Waals surface area contributed by atoms with Crippen molar-refractivity contribution in [1.82, 2.24) is 5.32 Å². The fourth-order valence-electron chi connectivity index (χ4n) is 9.40. The highest BCUT2D eigenvalue weighted by molar-refractivity contribution is 5.76. The zero-order valence-electron chi connectivity index (χ0n) is 45.1. The van der Waals surface area contributed by atoms with Crippen molar-refractivity contribution in [2.75, 3.05) is 13.2 Å². The molecule has 2 unspecified atom stereocenters. The number of esters is 1. The van der Waals surface area contributed by atoms with Gasteiger partial charge in [0.15, 0.2) is 0 Å². The summed E-state index contributed by atoms with van der Waals surface area (Å²) >= 11 is 0. The van der Waals surface area contributed by atoms with Crippen molar-refractivity contribution in [2.24, 2.45) is 0 Å². The third-order valence-corrected chi connectivity index (χ3v) is 14.0. The van der Waals surface area contributed by atoms with Gasteiger partial charge < -0.3 is 20.3 Å². The molecule has 0 aromatic rings. The van der Waals surface area contributed by atoms with E-state index in [-0.39, 0.29) is 18.5 Å². The molecular weight excluding hydrogens is 827 g/mol. The lowest BCUT2D eigenvalue weighted by Crippen LogP contribution is -2.45. The van der Waals surface area contributed by atoms with Gasteiger partial charge in [-0.15, -0.1) is 0 Å². The molecule has 6 heteroatoms. The molecule has 6 nitrogen and oxygen atoms in total. The van der Waals surface area contributed by atoms with Gasteiger partial charge >= 0.3 is 5.97 Å². The lowest BCUT2D eigenvalue weighted by Gasteiger charge is -2.22. The maximum absolute atomic E-state index is 12.5. The molecular formula is C61H117NO5. The molecule has 0 saturated carbocycles. The summed E-state index contributed by atoms with van der Waals surface area (Å²) in [5.74, 6) is -0.0532. The topological polar surface area (TPSA) is 95.9 Å². The molecule has 67 heavy (non-hydrogen) atoms. The summed E-state index contributed by atoms with van der Waals surface area (Å²) in [4.78, 5) is 24.5. The number of allylic oxidation sites excluding steroid dienone is 4. The van der Waals surface area contributed by atoms with Gasteiger partial charge in [0.2, 0.25) is 5.91 Å². The molecule has 0 fully saturated rings. The van der Waals surface area contributed by atoms with E-state index in [9.17, 15) is 19.8 Å². The van der Waals surface area contributed by atoms with E-state index >= 15 is 0 Å². The van der Waals surface area contributed by atoms with Crippen molar-refractivity contribution >= 4 is 11.9 Å². The molecule has 2 atom stereocenters. The number of rotatable bonds is 56. The van der Waals surface area contributed by atoms with Gasteiger partial charge in [0.25, 0.3) is 0 Å². The van der Waals surface area contributed by atoms with E-state index in [4.69, 9.17) is 4.74 Å². The molecule has 0 spiro atoms. The van der Waals surface area contributed by atoms with Crippen LogP contribution in [0.15, 0.2) is 24.3 Å². The standard InChI is InChI=1S/C61H117NO5/c1-3-5-7-9-11-13-15-17-19-23-26-29-33-37-41-45-49-53-59(64)58(57-63)62-60(65)54-50-46-42-38-34-30-27-24-21-20-22-25-28-32-36-40-44-48-52-56-67-61(66)55-51-47-43-39-35-31-18-16-14-12-10-8-6-4-2/h25,28,32,36,58-59,63-64H,3-24,26-27,29-31,33-35,37-57H2,1-2H3,(H,62,65)/b28-25-,36-32-. The average molecular weight is 945 g/mol. The van der Waals surface area contributed by atoms with E-state index in [1.807, 2.05) is 0 Å². The molecule has 0 saturated heterocycles. The fraction of sp³-hybridized carbons (Fsp3) is 0.902. The second kappa shape index (κ2) is 56.9. The zero-order chi connectivity index (χ0) is 48.6. The number of aliphatic hydroxyl groups is 2. The molecule has 0 aliphatic carbocycles. The first-order chi connectivity index (χ1) is 33.0. The summed E-state index contributed by atoms with van der Waals surface area (Å²) in [6.07, 6.45) is 68.9. The first kappa shape index (κ1) is 65.3. The largest absolute Gasteiger partial charge is 0.466 e. The van der Waals surface area contributed by atoms with E-state index in [2.05, 4.69) is 43.5 Å². The van der Waals surface area contributed by atoms with Crippen LogP contribution >= 0.6 is 0 Å². The summed E-state index contributed by atoms with van der Waals surface area (Å²) in [5.41, 5.74) is 0. The van der Waals surface area contributed by atoms with E-state index in [1.54, 1.807) is 0 Å². The van der Waals surface area contributed by atoms with Crippen LogP contribution in [0.25, 0.3) is 0 Å². The number of carbonyl (C=O) groups is 2. The summed E-state index contributed by atoms with van der Waals surface area (Å²) in [6.45, 7) is 4.93. The fourth-order valence-corrected chi connectivity index (χ4v) is 9.40. The second-order valence-corrected chi connectivity index (χ2v) is 20.7. The predicted octanol–water partition coefficient (Wildman–Crippen LogP) is 18.6. The normalized spacial score (nSPS) is 12.7. The van der Waals surface area contributed by atoms with Crippen LogP contribution in [0.4, 0.5) is 0 Å². The van der Waals surface area contributed by atoms with Gasteiger partial charge in [-0.1, -0.05) is 282 Å². The van der Waals surface area contributed by atoms with E-state index in [0.29, 0.717) is 25.9 Å². The smallest absolute Gasteiger partial charge is 0.305 e. The van der Waals surface area contributed by atoms with Crippen molar-refractivity contribution in [3.63, 3.8) is 0 Å². The van der Waals surface area contributed by atoms with Crippen LogP contribution in [0.1, 0.15) is 328 Å². The number of nitrogens with one attached hydrogen (secondary N) is 1. The Morgan fingerprint density at radius 3 is 1.10 bits per heavy atom. The minimum atomic E-state index is -0.671. The highest BCUT2D eigenvalue weighted by Crippen LogP contribution is 2.18. The number of aliphatic hydroxyl groups excluding tert-OH is 2. The summed E-state index contributed by atoms with van der Waals surface area (Å²) < 4.78 is 5.45. The van der Waals surface area contributed by atoms with Crippen LogP contribution in [0, 0.1) is 0 Å². The Balaban J connectivity index is 3.47.